The fourth-order valence-electron chi connectivity index (χ4n) is 3.02. The number of ether oxygens (including phenoxy) is 1. The van der Waals surface area contributed by atoms with Crippen LogP contribution in [-0.4, -0.2) is 27.0 Å². The number of halogens is 4. The van der Waals surface area contributed by atoms with Gasteiger partial charge in [0.2, 0.25) is 0 Å². The van der Waals surface area contributed by atoms with Crippen molar-refractivity contribution < 1.29 is 39.7 Å². The summed E-state index contributed by atoms with van der Waals surface area (Å²) in [5.74, 6) is -2.29. The standard InChI is InChI=1S/C16H18F4O5S/c1-24-15(21)8-10-2-4-11(5-3-10)12-6-7-14(13(17)9-12)25-26(22,23)16(18,19)20/h6-7,9-11H,2-5,8H2,1H3. The Kier molecular flexibility index (Phi) is 6.15. The zero-order valence-electron chi connectivity index (χ0n) is 13.9. The summed E-state index contributed by atoms with van der Waals surface area (Å²) in [6, 6.07) is 3.23. The van der Waals surface area contributed by atoms with Crippen LogP contribution in [-0.2, 0) is 19.6 Å². The Morgan fingerprint density at radius 2 is 1.81 bits per heavy atom. The van der Waals surface area contributed by atoms with Gasteiger partial charge in [-0.15, -0.1) is 0 Å². The molecule has 1 aliphatic carbocycles. The van der Waals surface area contributed by atoms with E-state index < -0.39 is 27.2 Å². The monoisotopic (exact) mass is 398 g/mol. The van der Waals surface area contributed by atoms with Crippen LogP contribution in [0.15, 0.2) is 18.2 Å². The van der Waals surface area contributed by atoms with Gasteiger partial charge in [0.05, 0.1) is 7.11 Å². The second-order valence-electron chi connectivity index (χ2n) is 6.17. The molecular formula is C16H18F4O5S. The normalized spacial score (nSPS) is 21.3. The second kappa shape index (κ2) is 7.81. The van der Waals surface area contributed by atoms with Crippen molar-refractivity contribution in [1.29, 1.82) is 0 Å². The van der Waals surface area contributed by atoms with Crippen LogP contribution in [0.5, 0.6) is 5.75 Å². The van der Waals surface area contributed by atoms with Crippen molar-refractivity contribution in [3.05, 3.63) is 29.6 Å². The Hall–Kier alpha value is -1.84. The Morgan fingerprint density at radius 3 is 2.31 bits per heavy atom. The molecule has 0 spiro atoms. The first-order valence-electron chi connectivity index (χ1n) is 7.90. The van der Waals surface area contributed by atoms with E-state index in [1.807, 2.05) is 0 Å². The summed E-state index contributed by atoms with van der Waals surface area (Å²) in [5, 5.41) is 0. The molecule has 2 rings (SSSR count). The number of carbonyl (C=O) groups excluding carboxylic acids is 1. The van der Waals surface area contributed by atoms with Crippen molar-refractivity contribution in [2.45, 2.75) is 43.5 Å². The minimum atomic E-state index is -5.92. The van der Waals surface area contributed by atoms with Gasteiger partial charge < -0.3 is 8.92 Å². The number of hydrogen-bond acceptors (Lipinski definition) is 5. The van der Waals surface area contributed by atoms with Gasteiger partial charge in [0, 0.05) is 6.42 Å². The van der Waals surface area contributed by atoms with E-state index in [-0.39, 0.29) is 17.8 Å². The molecule has 146 valence electrons. The zero-order chi connectivity index (χ0) is 19.5. The molecule has 0 N–H and O–H groups in total. The van der Waals surface area contributed by atoms with Crippen LogP contribution >= 0.6 is 0 Å². The lowest BCUT2D eigenvalue weighted by Gasteiger charge is -2.28. The summed E-state index contributed by atoms with van der Waals surface area (Å²) in [4.78, 5) is 11.3. The van der Waals surface area contributed by atoms with Gasteiger partial charge >= 0.3 is 21.6 Å². The van der Waals surface area contributed by atoms with Gasteiger partial charge in [0.25, 0.3) is 0 Å². The molecule has 5 nitrogen and oxygen atoms in total. The number of hydrogen-bond donors (Lipinski definition) is 0. The Balaban J connectivity index is 2.03. The van der Waals surface area contributed by atoms with Crippen LogP contribution in [0, 0.1) is 11.7 Å². The fourth-order valence-corrected chi connectivity index (χ4v) is 3.49. The minimum absolute atomic E-state index is 0.0216. The number of alkyl halides is 3. The SMILES string of the molecule is COC(=O)CC1CCC(c2ccc(OS(=O)(=O)C(F)(F)F)c(F)c2)CC1. The number of benzene rings is 1. The topological polar surface area (TPSA) is 69.7 Å². The maximum atomic E-state index is 14.0. The van der Waals surface area contributed by atoms with Crippen molar-refractivity contribution >= 4 is 16.1 Å². The van der Waals surface area contributed by atoms with Crippen LogP contribution < -0.4 is 4.18 Å². The molecule has 0 saturated heterocycles. The summed E-state index contributed by atoms with van der Waals surface area (Å²) in [5.41, 5.74) is -5.08. The third kappa shape index (κ3) is 4.87. The van der Waals surface area contributed by atoms with Crippen molar-refractivity contribution in [2.75, 3.05) is 7.11 Å². The smallest absolute Gasteiger partial charge is 0.469 e. The highest BCUT2D eigenvalue weighted by Crippen LogP contribution is 2.38. The molecule has 0 atom stereocenters. The molecule has 0 radical (unpaired) electrons. The average Bonchev–Trinajstić information content (AvgIpc) is 2.56. The predicted molar refractivity (Wildman–Crippen MR) is 83.3 cm³/mol. The lowest BCUT2D eigenvalue weighted by atomic mass is 9.77. The summed E-state index contributed by atoms with van der Waals surface area (Å²) in [7, 11) is -4.60. The molecule has 0 bridgehead atoms. The van der Waals surface area contributed by atoms with E-state index in [1.165, 1.54) is 13.2 Å². The number of rotatable bonds is 5. The van der Waals surface area contributed by atoms with E-state index in [9.17, 15) is 30.8 Å². The maximum absolute atomic E-state index is 14.0. The molecule has 1 saturated carbocycles. The largest absolute Gasteiger partial charge is 0.534 e. The first kappa shape index (κ1) is 20.5. The van der Waals surface area contributed by atoms with Crippen LogP contribution in [0.4, 0.5) is 17.6 Å². The number of methoxy groups -OCH3 is 1. The lowest BCUT2D eigenvalue weighted by Crippen LogP contribution is -2.28. The molecule has 1 aromatic rings. The summed E-state index contributed by atoms with van der Waals surface area (Å²) in [6.07, 6.45) is 3.16. The van der Waals surface area contributed by atoms with Gasteiger partial charge in [-0.05, 0) is 55.2 Å². The van der Waals surface area contributed by atoms with Gasteiger partial charge in [-0.25, -0.2) is 4.39 Å². The van der Waals surface area contributed by atoms with Crippen molar-refractivity contribution in [2.24, 2.45) is 5.92 Å². The van der Waals surface area contributed by atoms with Gasteiger partial charge in [0.15, 0.2) is 11.6 Å². The Labute approximate surface area is 148 Å². The van der Waals surface area contributed by atoms with E-state index in [1.54, 1.807) is 0 Å². The van der Waals surface area contributed by atoms with Crippen molar-refractivity contribution in [1.82, 2.24) is 0 Å². The Morgan fingerprint density at radius 1 is 1.19 bits per heavy atom. The van der Waals surface area contributed by atoms with Gasteiger partial charge in [-0.1, -0.05) is 6.07 Å². The zero-order valence-corrected chi connectivity index (χ0v) is 14.7. The molecule has 0 unspecified atom stereocenters. The maximum Gasteiger partial charge on any atom is 0.534 e. The quantitative estimate of drug-likeness (QED) is 0.326. The number of esters is 1. The number of carbonyl (C=O) groups is 1. The van der Waals surface area contributed by atoms with E-state index in [0.29, 0.717) is 24.8 Å². The third-order valence-corrected chi connectivity index (χ3v) is 5.41. The fraction of sp³-hybridized carbons (Fsp3) is 0.562. The van der Waals surface area contributed by atoms with Gasteiger partial charge in [-0.2, -0.15) is 21.6 Å². The third-order valence-electron chi connectivity index (χ3n) is 4.44. The molecule has 1 aromatic carbocycles. The summed E-state index contributed by atoms with van der Waals surface area (Å²) >= 11 is 0. The molecular weight excluding hydrogens is 380 g/mol. The molecule has 1 aliphatic rings. The first-order chi connectivity index (χ1) is 12.0. The van der Waals surface area contributed by atoms with Crippen LogP contribution in [0.3, 0.4) is 0 Å². The van der Waals surface area contributed by atoms with E-state index in [2.05, 4.69) is 8.92 Å². The second-order valence-corrected chi connectivity index (χ2v) is 7.71. The van der Waals surface area contributed by atoms with Crippen LogP contribution in [0.1, 0.15) is 43.6 Å². The summed E-state index contributed by atoms with van der Waals surface area (Å²) in [6.45, 7) is 0. The van der Waals surface area contributed by atoms with E-state index in [0.717, 1.165) is 25.0 Å². The highest BCUT2D eigenvalue weighted by atomic mass is 32.2. The predicted octanol–water partition coefficient (Wildman–Crippen LogP) is 3.89. The Bertz CT molecular complexity index is 752. The van der Waals surface area contributed by atoms with Crippen LogP contribution in [0.2, 0.25) is 0 Å². The molecule has 0 aliphatic heterocycles. The van der Waals surface area contributed by atoms with E-state index in [4.69, 9.17) is 0 Å². The van der Waals surface area contributed by atoms with Gasteiger partial charge in [0.1, 0.15) is 0 Å². The van der Waals surface area contributed by atoms with Crippen LogP contribution in [0.25, 0.3) is 0 Å². The molecule has 0 amide bonds. The lowest BCUT2D eigenvalue weighted by molar-refractivity contribution is -0.142. The minimum Gasteiger partial charge on any atom is -0.469 e. The van der Waals surface area contributed by atoms with Gasteiger partial charge in [-0.3, -0.25) is 4.79 Å². The van der Waals surface area contributed by atoms with Crippen molar-refractivity contribution in [3.8, 4) is 5.75 Å². The molecule has 1 fully saturated rings. The highest BCUT2D eigenvalue weighted by molar-refractivity contribution is 7.88. The van der Waals surface area contributed by atoms with E-state index >= 15 is 0 Å². The highest BCUT2D eigenvalue weighted by Gasteiger charge is 2.48. The molecule has 26 heavy (non-hydrogen) atoms. The molecule has 10 heteroatoms. The molecule has 0 heterocycles. The summed E-state index contributed by atoms with van der Waals surface area (Å²) < 4.78 is 81.3. The first-order valence-corrected chi connectivity index (χ1v) is 9.31. The average molecular weight is 398 g/mol. The van der Waals surface area contributed by atoms with Crippen molar-refractivity contribution in [3.63, 3.8) is 0 Å². The molecule has 0 aromatic heterocycles.